The van der Waals surface area contributed by atoms with Crippen molar-refractivity contribution in [1.29, 1.82) is 0 Å². The Balaban J connectivity index is 1.49. The highest BCUT2D eigenvalue weighted by Crippen LogP contribution is 2.10. The third kappa shape index (κ3) is 5.49. The van der Waals surface area contributed by atoms with Crippen molar-refractivity contribution < 1.29 is 4.74 Å². The van der Waals surface area contributed by atoms with Crippen LogP contribution in [0.3, 0.4) is 0 Å². The largest absolute Gasteiger partial charge is 0.379 e. The van der Waals surface area contributed by atoms with Crippen LogP contribution >= 0.6 is 0 Å². The molecule has 0 aromatic heterocycles. The maximum absolute atomic E-state index is 5.35. The van der Waals surface area contributed by atoms with E-state index in [1.165, 1.54) is 12.1 Å². The summed E-state index contributed by atoms with van der Waals surface area (Å²) in [4.78, 5) is 4.77. The standard InChI is InChI=1S/C16H27N3O/c1-18(16-6-3-2-4-7-16)10-5-8-17-9-11-19-12-14-20-15-13-19/h2-4,6-7,17H,5,8-15H2,1H3. The molecule has 1 fully saturated rings. The number of para-hydroxylation sites is 1. The molecule has 4 nitrogen and oxygen atoms in total. The fraction of sp³-hybridized carbons (Fsp3) is 0.625. The van der Waals surface area contributed by atoms with Crippen molar-refractivity contribution in [3.63, 3.8) is 0 Å². The second-order valence-electron chi connectivity index (χ2n) is 5.31. The van der Waals surface area contributed by atoms with E-state index < -0.39 is 0 Å². The Bertz CT molecular complexity index is 352. The summed E-state index contributed by atoms with van der Waals surface area (Å²) >= 11 is 0. The van der Waals surface area contributed by atoms with Gasteiger partial charge in [-0.3, -0.25) is 4.90 Å². The Morgan fingerprint density at radius 3 is 2.65 bits per heavy atom. The zero-order valence-corrected chi connectivity index (χ0v) is 12.6. The molecule has 0 amide bonds. The van der Waals surface area contributed by atoms with Crippen LogP contribution in [0.1, 0.15) is 6.42 Å². The van der Waals surface area contributed by atoms with Crippen molar-refractivity contribution in [1.82, 2.24) is 10.2 Å². The molecule has 0 saturated carbocycles. The van der Waals surface area contributed by atoms with Crippen LogP contribution in [-0.4, -0.2) is 64.4 Å². The molecule has 0 unspecified atom stereocenters. The molecule has 0 radical (unpaired) electrons. The zero-order chi connectivity index (χ0) is 14.0. The maximum Gasteiger partial charge on any atom is 0.0594 e. The first kappa shape index (κ1) is 15.3. The fourth-order valence-corrected chi connectivity index (χ4v) is 2.44. The third-order valence-corrected chi connectivity index (χ3v) is 3.75. The van der Waals surface area contributed by atoms with Gasteiger partial charge in [0.15, 0.2) is 0 Å². The lowest BCUT2D eigenvalue weighted by Crippen LogP contribution is -2.40. The molecule has 1 aliphatic heterocycles. The first-order valence-corrected chi connectivity index (χ1v) is 7.63. The van der Waals surface area contributed by atoms with Crippen LogP contribution in [0.2, 0.25) is 0 Å². The van der Waals surface area contributed by atoms with Gasteiger partial charge < -0.3 is 15.0 Å². The quantitative estimate of drug-likeness (QED) is 0.728. The van der Waals surface area contributed by atoms with E-state index in [1.54, 1.807) is 0 Å². The number of hydrogen-bond donors (Lipinski definition) is 1. The monoisotopic (exact) mass is 277 g/mol. The molecule has 1 aliphatic rings. The van der Waals surface area contributed by atoms with Gasteiger partial charge >= 0.3 is 0 Å². The molecule has 0 aliphatic carbocycles. The number of benzene rings is 1. The second-order valence-corrected chi connectivity index (χ2v) is 5.31. The number of nitrogens with one attached hydrogen (secondary N) is 1. The second kappa shape index (κ2) is 8.95. The summed E-state index contributed by atoms with van der Waals surface area (Å²) < 4.78 is 5.35. The zero-order valence-electron chi connectivity index (χ0n) is 12.6. The predicted molar refractivity (Wildman–Crippen MR) is 84.5 cm³/mol. The van der Waals surface area contributed by atoms with E-state index >= 15 is 0 Å². The molecule has 4 heteroatoms. The van der Waals surface area contributed by atoms with E-state index in [0.717, 1.165) is 52.5 Å². The minimum Gasteiger partial charge on any atom is -0.379 e. The lowest BCUT2D eigenvalue weighted by atomic mass is 10.3. The highest BCUT2D eigenvalue weighted by Gasteiger charge is 2.08. The summed E-state index contributed by atoms with van der Waals surface area (Å²) in [7, 11) is 2.16. The van der Waals surface area contributed by atoms with Crippen LogP contribution in [0.5, 0.6) is 0 Å². The van der Waals surface area contributed by atoms with E-state index in [9.17, 15) is 0 Å². The molecule has 0 spiro atoms. The number of hydrogen-bond acceptors (Lipinski definition) is 4. The summed E-state index contributed by atoms with van der Waals surface area (Å²) in [5, 5.41) is 3.53. The van der Waals surface area contributed by atoms with Gasteiger partial charge in [-0.05, 0) is 25.1 Å². The minimum atomic E-state index is 0.891. The van der Waals surface area contributed by atoms with E-state index in [-0.39, 0.29) is 0 Å². The molecule has 112 valence electrons. The van der Waals surface area contributed by atoms with Gasteiger partial charge in [-0.2, -0.15) is 0 Å². The van der Waals surface area contributed by atoms with Gasteiger partial charge in [0.1, 0.15) is 0 Å². The van der Waals surface area contributed by atoms with Crippen molar-refractivity contribution >= 4 is 5.69 Å². The maximum atomic E-state index is 5.35. The van der Waals surface area contributed by atoms with E-state index in [0.29, 0.717) is 0 Å². The molecule has 0 bridgehead atoms. The summed E-state index contributed by atoms with van der Waals surface area (Å²) in [5.74, 6) is 0. The summed E-state index contributed by atoms with van der Waals surface area (Å²) in [6, 6.07) is 10.6. The third-order valence-electron chi connectivity index (χ3n) is 3.75. The summed E-state index contributed by atoms with van der Waals surface area (Å²) in [6.45, 7) is 8.34. The Morgan fingerprint density at radius 2 is 1.90 bits per heavy atom. The molecule has 20 heavy (non-hydrogen) atoms. The molecular weight excluding hydrogens is 250 g/mol. The predicted octanol–water partition coefficient (Wildman–Crippen LogP) is 1.43. The molecule has 1 N–H and O–H groups in total. The van der Waals surface area contributed by atoms with E-state index in [2.05, 4.69) is 52.5 Å². The number of ether oxygens (including phenoxy) is 1. The smallest absolute Gasteiger partial charge is 0.0594 e. The van der Waals surface area contributed by atoms with Crippen LogP contribution in [0, 0.1) is 0 Å². The van der Waals surface area contributed by atoms with Crippen LogP contribution in [0.4, 0.5) is 5.69 Å². The van der Waals surface area contributed by atoms with Crippen molar-refractivity contribution in [2.24, 2.45) is 0 Å². The van der Waals surface area contributed by atoms with Gasteiger partial charge in [0.2, 0.25) is 0 Å². The van der Waals surface area contributed by atoms with E-state index in [1.807, 2.05) is 0 Å². The minimum absolute atomic E-state index is 0.891. The lowest BCUT2D eigenvalue weighted by molar-refractivity contribution is 0.0384. The molecule has 1 saturated heterocycles. The Kier molecular flexibility index (Phi) is 6.84. The van der Waals surface area contributed by atoms with Crippen molar-refractivity contribution in [2.75, 3.05) is 64.4 Å². The Morgan fingerprint density at radius 1 is 1.15 bits per heavy atom. The number of anilines is 1. The highest BCUT2D eigenvalue weighted by atomic mass is 16.5. The van der Waals surface area contributed by atoms with Crippen LogP contribution in [0.25, 0.3) is 0 Å². The summed E-state index contributed by atoms with van der Waals surface area (Å²) in [6.07, 6.45) is 1.18. The van der Waals surface area contributed by atoms with Crippen LogP contribution in [-0.2, 0) is 4.74 Å². The normalized spacial score (nSPS) is 16.2. The van der Waals surface area contributed by atoms with Gasteiger partial charge in [0.25, 0.3) is 0 Å². The van der Waals surface area contributed by atoms with Gasteiger partial charge in [-0.25, -0.2) is 0 Å². The Hall–Kier alpha value is -1.10. The number of nitrogens with zero attached hydrogens (tertiary/aromatic N) is 2. The van der Waals surface area contributed by atoms with Gasteiger partial charge in [-0.1, -0.05) is 18.2 Å². The number of rotatable bonds is 8. The average Bonchev–Trinajstić information content (AvgIpc) is 2.52. The molecule has 1 aromatic carbocycles. The van der Waals surface area contributed by atoms with Crippen LogP contribution in [0.15, 0.2) is 30.3 Å². The molecule has 2 rings (SSSR count). The molecule has 1 aromatic rings. The van der Waals surface area contributed by atoms with E-state index in [4.69, 9.17) is 4.74 Å². The fourth-order valence-electron chi connectivity index (χ4n) is 2.44. The first-order valence-electron chi connectivity index (χ1n) is 7.63. The van der Waals surface area contributed by atoms with Crippen LogP contribution < -0.4 is 10.2 Å². The lowest BCUT2D eigenvalue weighted by Gasteiger charge is -2.26. The van der Waals surface area contributed by atoms with Crippen molar-refractivity contribution in [3.05, 3.63) is 30.3 Å². The molecule has 0 atom stereocenters. The van der Waals surface area contributed by atoms with Crippen molar-refractivity contribution in [3.8, 4) is 0 Å². The Labute approximate surface area is 122 Å². The van der Waals surface area contributed by atoms with Crippen molar-refractivity contribution in [2.45, 2.75) is 6.42 Å². The topological polar surface area (TPSA) is 27.7 Å². The average molecular weight is 277 g/mol. The molecule has 1 heterocycles. The highest BCUT2D eigenvalue weighted by molar-refractivity contribution is 5.44. The van der Waals surface area contributed by atoms with Gasteiger partial charge in [0, 0.05) is 45.5 Å². The van der Waals surface area contributed by atoms with Gasteiger partial charge in [0.05, 0.1) is 13.2 Å². The first-order chi connectivity index (χ1) is 9.86. The summed E-state index contributed by atoms with van der Waals surface area (Å²) in [5.41, 5.74) is 1.29. The number of morpholine rings is 1. The molecular formula is C16H27N3O. The SMILES string of the molecule is CN(CCCNCCN1CCOCC1)c1ccccc1. The van der Waals surface area contributed by atoms with Gasteiger partial charge in [-0.15, -0.1) is 0 Å².